The lowest BCUT2D eigenvalue weighted by Gasteiger charge is -2.39. The summed E-state index contributed by atoms with van der Waals surface area (Å²) in [5.41, 5.74) is 2.74. The number of nitrogens with zero attached hydrogens (tertiary/aromatic N) is 2. The quantitative estimate of drug-likeness (QED) is 0.111. The first-order valence-electron chi connectivity index (χ1n) is 18.4. The number of anilines is 1. The third-order valence-corrected chi connectivity index (χ3v) is 11.7. The topological polar surface area (TPSA) is 125 Å². The van der Waals surface area contributed by atoms with Gasteiger partial charge in [0.2, 0.25) is 11.8 Å². The van der Waals surface area contributed by atoms with Gasteiger partial charge in [-0.2, -0.15) is 0 Å². The van der Waals surface area contributed by atoms with Crippen LogP contribution in [0, 0.1) is 25.7 Å². The predicted molar refractivity (Wildman–Crippen MR) is 210 cm³/mol. The molecule has 2 bridgehead atoms. The van der Waals surface area contributed by atoms with Gasteiger partial charge in [-0.25, -0.2) is 0 Å². The minimum atomic E-state index is -1.38. The molecule has 1 unspecified atom stereocenters. The van der Waals surface area contributed by atoms with Crippen LogP contribution in [0.4, 0.5) is 5.69 Å². The van der Waals surface area contributed by atoms with Crippen LogP contribution < -0.4 is 10.2 Å². The Labute approximate surface area is 325 Å². The first-order chi connectivity index (χ1) is 26.0. The minimum absolute atomic E-state index is 0.116. The van der Waals surface area contributed by atoms with Gasteiger partial charge in [-0.15, -0.1) is 13.2 Å². The first kappa shape index (κ1) is 39.1. The van der Waals surface area contributed by atoms with Crippen molar-refractivity contribution in [2.45, 2.75) is 74.2 Å². The molecule has 8 atom stereocenters. The summed E-state index contributed by atoms with van der Waals surface area (Å²) in [5, 5.41) is 14.0. The second-order valence-corrected chi connectivity index (χ2v) is 15.6. The summed E-state index contributed by atoms with van der Waals surface area (Å²) >= 11 is 3.78. The molecule has 54 heavy (non-hydrogen) atoms. The van der Waals surface area contributed by atoms with E-state index >= 15 is 9.59 Å². The largest absolute Gasteiger partial charge is 0.463 e. The van der Waals surface area contributed by atoms with Crippen LogP contribution in [0.3, 0.4) is 0 Å². The summed E-state index contributed by atoms with van der Waals surface area (Å²) in [6.07, 6.45) is 3.76. The number of hydrogen-bond acceptors (Lipinski definition) is 7. The first-order valence-corrected chi connectivity index (χ1v) is 19.4. The molecule has 3 amide bonds. The molecule has 284 valence electrons. The minimum Gasteiger partial charge on any atom is -0.463 e. The normalized spacial score (nSPS) is 25.1. The third kappa shape index (κ3) is 7.54. The van der Waals surface area contributed by atoms with Crippen molar-refractivity contribution in [2.24, 2.45) is 11.8 Å². The molecule has 0 aromatic heterocycles. The maximum atomic E-state index is 15.3. The standard InChI is InChI=1S/C43H48BrN3O7/c1-5-7-18-35(49)53-26-33(30-16-12-9-13-17-30)45-40(50)36-37-41(51)47(31(25-48)23-29-14-10-8-11-15-29)39(43(37)24-32(44)38(36)54-43)42(52)46(21-6-2)34-22-27(3)19-20-28(34)4/h5-6,8-17,19-20,22,31-33,36-39,48H,1-2,7,18,21,23-26H2,3-4H3,(H,45,50)/t31-,32?,33-,36+,37-,38+,39+,43-/m1/s1. The summed E-state index contributed by atoms with van der Waals surface area (Å²) in [4.78, 5) is 60.3. The molecule has 3 aliphatic rings. The highest BCUT2D eigenvalue weighted by molar-refractivity contribution is 9.09. The number of hydrogen-bond donors (Lipinski definition) is 2. The zero-order valence-electron chi connectivity index (χ0n) is 30.7. The van der Waals surface area contributed by atoms with Gasteiger partial charge in [0.25, 0.3) is 5.91 Å². The molecule has 3 aromatic carbocycles. The number of carbonyl (C=O) groups excluding carboxylic acids is 4. The smallest absolute Gasteiger partial charge is 0.306 e. The molecule has 6 rings (SSSR count). The average Bonchev–Trinajstić information content (AvgIpc) is 3.78. The van der Waals surface area contributed by atoms with Gasteiger partial charge < -0.3 is 29.7 Å². The van der Waals surface area contributed by atoms with E-state index in [2.05, 4.69) is 34.4 Å². The van der Waals surface area contributed by atoms with Crippen LogP contribution in [0.2, 0.25) is 0 Å². The Morgan fingerprint density at radius 2 is 1.78 bits per heavy atom. The molecule has 3 aliphatic heterocycles. The Hall–Kier alpha value is -4.58. The fraction of sp³-hybridized carbons (Fsp3) is 0.395. The highest BCUT2D eigenvalue weighted by Gasteiger charge is 2.77. The molecule has 0 aliphatic carbocycles. The Morgan fingerprint density at radius 3 is 2.44 bits per heavy atom. The summed E-state index contributed by atoms with van der Waals surface area (Å²) < 4.78 is 12.4. The van der Waals surface area contributed by atoms with Crippen LogP contribution >= 0.6 is 15.9 Å². The van der Waals surface area contributed by atoms with E-state index in [4.69, 9.17) is 9.47 Å². The second-order valence-electron chi connectivity index (χ2n) is 14.4. The van der Waals surface area contributed by atoms with Crippen LogP contribution in [0.25, 0.3) is 0 Å². The Kier molecular flexibility index (Phi) is 12.2. The average molecular weight is 799 g/mol. The molecular formula is C43H48BrN3O7. The number of rotatable bonds is 16. The van der Waals surface area contributed by atoms with Crippen molar-refractivity contribution in [3.8, 4) is 0 Å². The second kappa shape index (κ2) is 16.8. The molecule has 2 N–H and O–H groups in total. The number of carbonyl (C=O) groups is 4. The molecule has 3 saturated heterocycles. The fourth-order valence-corrected chi connectivity index (χ4v) is 9.36. The number of fused-ring (bicyclic) bond motifs is 1. The van der Waals surface area contributed by atoms with Gasteiger partial charge in [0, 0.05) is 23.5 Å². The van der Waals surface area contributed by atoms with Gasteiger partial charge >= 0.3 is 5.97 Å². The Balaban J connectivity index is 1.40. The number of esters is 1. The van der Waals surface area contributed by atoms with Crippen molar-refractivity contribution in [3.05, 3.63) is 126 Å². The van der Waals surface area contributed by atoms with Gasteiger partial charge in [-0.1, -0.05) is 101 Å². The van der Waals surface area contributed by atoms with E-state index in [1.165, 1.54) is 4.90 Å². The van der Waals surface area contributed by atoms with Crippen molar-refractivity contribution in [3.63, 3.8) is 0 Å². The van der Waals surface area contributed by atoms with E-state index in [0.717, 1.165) is 22.3 Å². The van der Waals surface area contributed by atoms with Crippen LogP contribution in [-0.2, 0) is 35.1 Å². The van der Waals surface area contributed by atoms with Crippen molar-refractivity contribution >= 4 is 45.3 Å². The summed E-state index contributed by atoms with van der Waals surface area (Å²) in [7, 11) is 0. The molecule has 3 heterocycles. The lowest BCUT2D eigenvalue weighted by molar-refractivity contribution is -0.146. The van der Waals surface area contributed by atoms with Gasteiger partial charge in [-0.3, -0.25) is 19.2 Å². The van der Waals surface area contributed by atoms with Crippen molar-refractivity contribution < 1.29 is 33.8 Å². The van der Waals surface area contributed by atoms with Gasteiger partial charge in [0.15, 0.2) is 0 Å². The molecule has 3 aromatic rings. The molecule has 10 nitrogen and oxygen atoms in total. The third-order valence-electron chi connectivity index (χ3n) is 10.9. The molecular weight excluding hydrogens is 750 g/mol. The number of amides is 3. The lowest BCUT2D eigenvalue weighted by atomic mass is 9.70. The maximum absolute atomic E-state index is 15.3. The summed E-state index contributed by atoms with van der Waals surface area (Å²) in [6.45, 7) is 11.1. The van der Waals surface area contributed by atoms with E-state index in [1.807, 2.05) is 92.7 Å². The summed E-state index contributed by atoms with van der Waals surface area (Å²) in [5.74, 6) is -3.67. The van der Waals surface area contributed by atoms with Crippen LogP contribution in [-0.4, -0.2) is 82.1 Å². The number of likely N-dealkylation sites (tertiary alicyclic amines) is 1. The van der Waals surface area contributed by atoms with E-state index in [9.17, 15) is 14.7 Å². The maximum Gasteiger partial charge on any atom is 0.306 e. The number of ether oxygens (including phenoxy) is 2. The lowest BCUT2D eigenvalue weighted by Crippen LogP contribution is -2.59. The SMILES string of the molecule is C=CCCC(=O)OC[C@@H](NC(=O)[C@@H]1[C@H]2O[C@@]3(CC2Br)[C@H](C(=O)N(CC=C)c2cc(C)ccc2C)N([C@@H](CO)Cc2ccccc2)C(=O)[C@@H]13)c1ccccc1. The number of halogens is 1. The highest BCUT2D eigenvalue weighted by Crippen LogP contribution is 2.60. The number of aliphatic hydroxyl groups excluding tert-OH is 1. The Bertz CT molecular complexity index is 1870. The van der Waals surface area contributed by atoms with Crippen LogP contribution in [0.15, 0.2) is 104 Å². The van der Waals surface area contributed by atoms with E-state index in [0.29, 0.717) is 18.5 Å². The van der Waals surface area contributed by atoms with Gasteiger partial charge in [-0.05, 0) is 61.4 Å². The van der Waals surface area contributed by atoms with Gasteiger partial charge in [0.05, 0.1) is 36.6 Å². The van der Waals surface area contributed by atoms with Crippen LogP contribution in [0.1, 0.15) is 47.6 Å². The number of aryl methyl sites for hydroxylation is 2. The van der Waals surface area contributed by atoms with Crippen molar-refractivity contribution in [1.29, 1.82) is 0 Å². The zero-order valence-corrected chi connectivity index (χ0v) is 32.3. The highest BCUT2D eigenvalue weighted by atomic mass is 79.9. The number of benzene rings is 3. The molecule has 1 spiro atoms. The summed E-state index contributed by atoms with van der Waals surface area (Å²) in [6, 6.07) is 21.9. The number of aliphatic hydroxyl groups is 1. The number of nitrogens with one attached hydrogen (secondary N) is 1. The Morgan fingerprint density at radius 1 is 1.07 bits per heavy atom. The fourth-order valence-electron chi connectivity index (χ4n) is 8.41. The molecule has 0 radical (unpaired) electrons. The van der Waals surface area contributed by atoms with Crippen LogP contribution in [0.5, 0.6) is 0 Å². The zero-order chi connectivity index (χ0) is 38.6. The number of alkyl halides is 1. The monoisotopic (exact) mass is 797 g/mol. The van der Waals surface area contributed by atoms with Crippen molar-refractivity contribution in [1.82, 2.24) is 10.2 Å². The number of allylic oxidation sites excluding steroid dienone is 1. The predicted octanol–water partition coefficient (Wildman–Crippen LogP) is 5.54. The van der Waals surface area contributed by atoms with Crippen molar-refractivity contribution in [2.75, 3.05) is 24.7 Å². The van der Waals surface area contributed by atoms with E-state index in [1.54, 1.807) is 17.1 Å². The van der Waals surface area contributed by atoms with E-state index < -0.39 is 66.1 Å². The molecule has 11 heteroatoms. The van der Waals surface area contributed by atoms with Gasteiger partial charge in [0.1, 0.15) is 18.2 Å². The molecule has 3 fully saturated rings. The molecule has 0 saturated carbocycles. The van der Waals surface area contributed by atoms with E-state index in [-0.39, 0.29) is 36.7 Å².